The van der Waals surface area contributed by atoms with Gasteiger partial charge in [-0.1, -0.05) is 0 Å². The van der Waals surface area contributed by atoms with Gasteiger partial charge in [0.2, 0.25) is 5.95 Å². The second kappa shape index (κ2) is 9.18. The van der Waals surface area contributed by atoms with Crippen LogP contribution in [0.4, 0.5) is 21.0 Å². The number of H-pyrrole nitrogens is 1. The summed E-state index contributed by atoms with van der Waals surface area (Å²) in [6, 6.07) is 1.15. The van der Waals surface area contributed by atoms with Gasteiger partial charge in [0.15, 0.2) is 0 Å². The quantitative estimate of drug-likeness (QED) is 0.375. The number of imidazole rings is 1. The highest BCUT2D eigenvalue weighted by Crippen LogP contribution is 2.41. The molecule has 0 saturated heterocycles. The molecule has 0 unspecified atom stereocenters. The van der Waals surface area contributed by atoms with Crippen molar-refractivity contribution < 1.29 is 18.7 Å². The number of nitrogens with one attached hydrogen (secondary N) is 3. The third-order valence-corrected chi connectivity index (χ3v) is 5.12. The van der Waals surface area contributed by atoms with Gasteiger partial charge in [-0.05, 0) is 31.9 Å². The number of amides is 1. The van der Waals surface area contributed by atoms with Gasteiger partial charge in [0.1, 0.15) is 11.6 Å². The highest BCUT2D eigenvalue weighted by Gasteiger charge is 2.29. The number of nitrogen functional groups attached to an aromatic ring is 1. The van der Waals surface area contributed by atoms with Crippen LogP contribution in [0.5, 0.6) is 0 Å². The van der Waals surface area contributed by atoms with Crippen molar-refractivity contribution in [3.05, 3.63) is 35.9 Å². The zero-order valence-electron chi connectivity index (χ0n) is 18.1. The van der Waals surface area contributed by atoms with Gasteiger partial charge in [-0.3, -0.25) is 4.79 Å². The Balaban J connectivity index is 1.64. The van der Waals surface area contributed by atoms with Crippen LogP contribution in [0.3, 0.4) is 0 Å². The molecule has 3 heterocycles. The Morgan fingerprint density at radius 3 is 2.82 bits per heavy atom. The lowest BCUT2D eigenvalue weighted by atomic mass is 10.1. The number of aromatic nitrogens is 5. The molecule has 0 bridgehead atoms. The van der Waals surface area contributed by atoms with Gasteiger partial charge in [0.05, 0.1) is 29.8 Å². The van der Waals surface area contributed by atoms with Gasteiger partial charge in [0, 0.05) is 36.5 Å². The van der Waals surface area contributed by atoms with Crippen molar-refractivity contribution in [3.8, 4) is 22.6 Å². The number of alkyl carbamates (subject to hydrolysis) is 1. The van der Waals surface area contributed by atoms with Crippen molar-refractivity contribution in [2.75, 3.05) is 24.7 Å². The van der Waals surface area contributed by atoms with E-state index in [1.54, 1.807) is 19.2 Å². The molecule has 33 heavy (non-hydrogen) atoms. The fourth-order valence-corrected chi connectivity index (χ4v) is 3.24. The molecule has 0 spiro atoms. The van der Waals surface area contributed by atoms with Gasteiger partial charge in [-0.15, -0.1) is 0 Å². The number of hydrogen-bond donors (Lipinski definition) is 4. The number of pyridine rings is 1. The molecule has 4 rings (SSSR count). The van der Waals surface area contributed by atoms with Crippen LogP contribution in [0.25, 0.3) is 22.6 Å². The maximum absolute atomic E-state index is 13.4. The Hall–Kier alpha value is -4.09. The number of nitrogens with zero attached hydrogens (tertiary/aromatic N) is 4. The number of nitrogens with two attached hydrogens (primary N) is 1. The molecule has 1 aliphatic carbocycles. The van der Waals surface area contributed by atoms with E-state index in [2.05, 4.69) is 40.3 Å². The molecule has 3 aromatic rings. The molecule has 0 radical (unpaired) electrons. The number of halogens is 1. The van der Waals surface area contributed by atoms with E-state index < -0.39 is 12.1 Å². The summed E-state index contributed by atoms with van der Waals surface area (Å²) in [6.45, 7) is 2.17. The van der Waals surface area contributed by atoms with E-state index in [9.17, 15) is 14.0 Å². The van der Waals surface area contributed by atoms with Crippen molar-refractivity contribution >= 4 is 23.9 Å². The van der Waals surface area contributed by atoms with E-state index in [-0.39, 0.29) is 17.4 Å². The fraction of sp³-hybridized carbons (Fsp3) is 0.333. The molecule has 1 saturated carbocycles. The van der Waals surface area contributed by atoms with Crippen LogP contribution >= 0.6 is 0 Å². The Labute approximate surface area is 188 Å². The lowest BCUT2D eigenvalue weighted by molar-refractivity contribution is 0.0836. The molecule has 1 atom stereocenters. The van der Waals surface area contributed by atoms with E-state index in [4.69, 9.17) is 5.73 Å². The van der Waals surface area contributed by atoms with Crippen LogP contribution in [0.2, 0.25) is 0 Å². The first kappa shape index (κ1) is 22.1. The molecule has 11 nitrogen and oxygen atoms in total. The number of ether oxygens (including phenoxy) is 1. The van der Waals surface area contributed by atoms with Gasteiger partial charge in [0.25, 0.3) is 0 Å². The van der Waals surface area contributed by atoms with Crippen LogP contribution < -0.4 is 16.4 Å². The molecule has 1 aliphatic rings. The van der Waals surface area contributed by atoms with Crippen molar-refractivity contribution in [1.82, 2.24) is 30.2 Å². The summed E-state index contributed by atoms with van der Waals surface area (Å²) in [6.07, 6.45) is 4.53. The zero-order valence-corrected chi connectivity index (χ0v) is 18.1. The molecule has 1 amide bonds. The third kappa shape index (κ3) is 5.05. The summed E-state index contributed by atoms with van der Waals surface area (Å²) < 4.78 is 18.0. The molecule has 12 heteroatoms. The Kier molecular flexibility index (Phi) is 6.16. The molecular formula is C21H23FN8O3. The van der Waals surface area contributed by atoms with E-state index in [1.165, 1.54) is 19.4 Å². The lowest BCUT2D eigenvalue weighted by Crippen LogP contribution is -2.37. The van der Waals surface area contributed by atoms with Gasteiger partial charge in [-0.2, -0.15) is 4.39 Å². The number of rotatable bonds is 8. The van der Waals surface area contributed by atoms with Crippen LogP contribution in [-0.2, 0) is 4.74 Å². The lowest BCUT2D eigenvalue weighted by Gasteiger charge is -2.14. The minimum Gasteiger partial charge on any atom is -0.453 e. The van der Waals surface area contributed by atoms with Crippen LogP contribution in [0.15, 0.2) is 24.5 Å². The summed E-state index contributed by atoms with van der Waals surface area (Å²) in [5, 5.41) is 5.71. The molecule has 172 valence electrons. The second-order valence-corrected chi connectivity index (χ2v) is 7.73. The number of carbonyl (C=O) groups is 2. The monoisotopic (exact) mass is 454 g/mol. The van der Waals surface area contributed by atoms with Gasteiger partial charge in [-0.25, -0.2) is 24.7 Å². The van der Waals surface area contributed by atoms with Crippen LogP contribution in [0, 0.1) is 0 Å². The van der Waals surface area contributed by atoms with Gasteiger partial charge < -0.3 is 26.1 Å². The standard InChI is InChI=1S/C21H23FN8O3/c1-10(27-21(32)33-2)8-26-20-24-6-5-14(28-20)16-15(29-19(30-16)11-3-4-11)12-7-13(17(22)31)18(23)25-9-12/h5-7,9-11H,3-4,8H2,1-2H3,(H2,23,25)(H,27,32)(H,29,30)(H,24,26,28)/t10-/m0/s1. The first-order valence-electron chi connectivity index (χ1n) is 10.3. The number of carbonyl (C=O) groups excluding carboxylic acids is 2. The predicted octanol–water partition coefficient (Wildman–Crippen LogP) is 2.65. The summed E-state index contributed by atoms with van der Waals surface area (Å²) in [5.41, 5.74) is 7.37. The summed E-state index contributed by atoms with van der Waals surface area (Å²) in [4.78, 5) is 43.3. The number of hydrogen-bond acceptors (Lipinski definition) is 9. The smallest absolute Gasteiger partial charge is 0.407 e. The predicted molar refractivity (Wildman–Crippen MR) is 118 cm³/mol. The topological polar surface area (TPSA) is 161 Å². The normalized spacial score (nSPS) is 13.9. The van der Waals surface area contributed by atoms with Crippen molar-refractivity contribution in [1.29, 1.82) is 0 Å². The first-order valence-corrected chi connectivity index (χ1v) is 10.3. The minimum atomic E-state index is -1.66. The maximum atomic E-state index is 13.4. The average molecular weight is 454 g/mol. The van der Waals surface area contributed by atoms with Crippen LogP contribution in [-0.4, -0.2) is 56.7 Å². The first-order chi connectivity index (χ1) is 15.9. The maximum Gasteiger partial charge on any atom is 0.407 e. The van der Waals surface area contributed by atoms with Gasteiger partial charge >= 0.3 is 12.1 Å². The SMILES string of the molecule is COC(=O)N[C@@H](C)CNc1nccc(-c2[nH]c(C3CC3)nc2-c2cnc(N)c(C(=O)F)c2)n1. The van der Waals surface area contributed by atoms with E-state index in [0.29, 0.717) is 41.1 Å². The molecule has 1 fully saturated rings. The fourth-order valence-electron chi connectivity index (χ4n) is 3.24. The zero-order chi connectivity index (χ0) is 23.5. The third-order valence-electron chi connectivity index (χ3n) is 5.12. The molecule has 3 aromatic heterocycles. The van der Waals surface area contributed by atoms with Crippen molar-refractivity contribution in [2.45, 2.75) is 31.7 Å². The molecule has 0 aromatic carbocycles. The molecular weight excluding hydrogens is 431 g/mol. The Bertz CT molecular complexity index is 1190. The average Bonchev–Trinajstić information content (AvgIpc) is 3.56. The highest BCUT2D eigenvalue weighted by atomic mass is 19.1. The second-order valence-electron chi connectivity index (χ2n) is 7.73. The number of aromatic amines is 1. The Morgan fingerprint density at radius 2 is 2.12 bits per heavy atom. The number of methoxy groups -OCH3 is 1. The van der Waals surface area contributed by atoms with Crippen LogP contribution in [0.1, 0.15) is 41.9 Å². The van der Waals surface area contributed by atoms with Crippen molar-refractivity contribution in [2.24, 2.45) is 0 Å². The van der Waals surface area contributed by atoms with Crippen molar-refractivity contribution in [3.63, 3.8) is 0 Å². The summed E-state index contributed by atoms with van der Waals surface area (Å²) in [5.74, 6) is 1.25. The van der Waals surface area contributed by atoms with E-state index in [1.807, 2.05) is 0 Å². The molecule has 0 aliphatic heterocycles. The largest absolute Gasteiger partial charge is 0.453 e. The molecule has 5 N–H and O–H groups in total. The Morgan fingerprint density at radius 1 is 1.33 bits per heavy atom. The summed E-state index contributed by atoms with van der Waals surface area (Å²) >= 11 is 0. The highest BCUT2D eigenvalue weighted by molar-refractivity contribution is 5.95. The van der Waals surface area contributed by atoms with E-state index >= 15 is 0 Å². The minimum absolute atomic E-state index is 0.186. The summed E-state index contributed by atoms with van der Waals surface area (Å²) in [7, 11) is 1.29. The van der Waals surface area contributed by atoms with E-state index in [0.717, 1.165) is 18.7 Å². The number of anilines is 2.